The smallest absolute Gasteiger partial charge is 0.338 e. The fourth-order valence-corrected chi connectivity index (χ4v) is 3.05. The molecule has 0 heterocycles. The molecule has 9 nitrogen and oxygen atoms in total. The summed E-state index contributed by atoms with van der Waals surface area (Å²) < 4.78 is 16.7. The molecule has 3 N–H and O–H groups in total. The number of ether oxygens (including phenoxy) is 3. The molecule has 0 saturated carbocycles. The van der Waals surface area contributed by atoms with Gasteiger partial charge < -0.3 is 14.2 Å². The minimum atomic E-state index is -0.530. The Balaban J connectivity index is 1.80. The van der Waals surface area contributed by atoms with E-state index in [2.05, 4.69) is 32.1 Å². The number of hydrazine groups is 1. The van der Waals surface area contributed by atoms with Crippen molar-refractivity contribution in [2.24, 2.45) is 0 Å². The highest BCUT2D eigenvalue weighted by molar-refractivity contribution is 9.10. The number of carbonyl (C=O) groups excluding carboxylic acids is 3. The Kier molecular flexibility index (Phi) is 11.3. The molecule has 0 bridgehead atoms. The lowest BCUT2D eigenvalue weighted by Gasteiger charge is -2.14. The molecule has 2 aromatic carbocycles. The van der Waals surface area contributed by atoms with Gasteiger partial charge in [0.05, 0.1) is 24.3 Å². The van der Waals surface area contributed by atoms with Gasteiger partial charge in [-0.15, -0.1) is 0 Å². The SMILES string of the molecule is CCCCOc1ccc(Br)cc1C(=O)NC(=S)NNC(=O)COc1ccc(C(=O)OCC)cc1. The van der Waals surface area contributed by atoms with Crippen LogP contribution in [0, 0.1) is 0 Å². The van der Waals surface area contributed by atoms with Crippen LogP contribution in [0.4, 0.5) is 0 Å². The lowest BCUT2D eigenvalue weighted by atomic mass is 10.2. The topological polar surface area (TPSA) is 115 Å². The van der Waals surface area contributed by atoms with Crippen molar-refractivity contribution in [2.45, 2.75) is 26.7 Å². The Morgan fingerprint density at radius 2 is 1.74 bits per heavy atom. The van der Waals surface area contributed by atoms with E-state index in [1.54, 1.807) is 37.3 Å². The van der Waals surface area contributed by atoms with Gasteiger partial charge in [0.15, 0.2) is 11.7 Å². The summed E-state index contributed by atoms with van der Waals surface area (Å²) in [5.41, 5.74) is 5.47. The summed E-state index contributed by atoms with van der Waals surface area (Å²) in [4.78, 5) is 36.3. The third-order valence-corrected chi connectivity index (χ3v) is 4.92. The molecule has 2 aromatic rings. The average molecular weight is 552 g/mol. The predicted octanol–water partition coefficient (Wildman–Crippen LogP) is 3.52. The summed E-state index contributed by atoms with van der Waals surface area (Å²) >= 11 is 8.41. The summed E-state index contributed by atoms with van der Waals surface area (Å²) in [6, 6.07) is 11.3. The number of halogens is 1. The molecule has 11 heteroatoms. The quantitative estimate of drug-likeness (QED) is 0.178. The lowest BCUT2D eigenvalue weighted by molar-refractivity contribution is -0.123. The normalized spacial score (nSPS) is 10.1. The summed E-state index contributed by atoms with van der Waals surface area (Å²) in [6.45, 7) is 4.22. The van der Waals surface area contributed by atoms with Gasteiger partial charge in [0.1, 0.15) is 11.5 Å². The second-order valence-electron chi connectivity index (χ2n) is 6.83. The Hall–Kier alpha value is -3.18. The molecule has 0 radical (unpaired) electrons. The molecule has 0 aromatic heterocycles. The monoisotopic (exact) mass is 551 g/mol. The highest BCUT2D eigenvalue weighted by Gasteiger charge is 2.15. The van der Waals surface area contributed by atoms with Crippen molar-refractivity contribution in [2.75, 3.05) is 19.8 Å². The number of thiocarbonyl (C=S) groups is 1. The van der Waals surface area contributed by atoms with Gasteiger partial charge in [0.25, 0.3) is 11.8 Å². The molecule has 34 heavy (non-hydrogen) atoms. The van der Waals surface area contributed by atoms with Crippen LogP contribution in [-0.2, 0) is 9.53 Å². The van der Waals surface area contributed by atoms with Gasteiger partial charge >= 0.3 is 5.97 Å². The molecule has 182 valence electrons. The van der Waals surface area contributed by atoms with Crippen molar-refractivity contribution in [3.63, 3.8) is 0 Å². The van der Waals surface area contributed by atoms with Crippen LogP contribution < -0.4 is 25.6 Å². The zero-order chi connectivity index (χ0) is 24.9. The highest BCUT2D eigenvalue weighted by Crippen LogP contribution is 2.23. The number of hydrogen-bond acceptors (Lipinski definition) is 7. The Bertz CT molecular complexity index is 1020. The van der Waals surface area contributed by atoms with E-state index >= 15 is 0 Å². The number of rotatable bonds is 10. The summed E-state index contributed by atoms with van der Waals surface area (Å²) in [5, 5.41) is 2.39. The first-order valence-electron chi connectivity index (χ1n) is 10.6. The van der Waals surface area contributed by atoms with Crippen LogP contribution in [0.1, 0.15) is 47.4 Å². The minimum Gasteiger partial charge on any atom is -0.493 e. The summed E-state index contributed by atoms with van der Waals surface area (Å²) in [7, 11) is 0. The van der Waals surface area contributed by atoms with Crippen LogP contribution in [0.5, 0.6) is 11.5 Å². The fraction of sp³-hybridized carbons (Fsp3) is 0.304. The van der Waals surface area contributed by atoms with Crippen LogP contribution in [0.25, 0.3) is 0 Å². The number of hydrogen-bond donors (Lipinski definition) is 3. The van der Waals surface area contributed by atoms with E-state index in [1.165, 1.54) is 12.1 Å². The molecular weight excluding hydrogens is 526 g/mol. The highest BCUT2D eigenvalue weighted by atomic mass is 79.9. The Morgan fingerprint density at radius 1 is 1.00 bits per heavy atom. The molecule has 0 aliphatic rings. The van der Waals surface area contributed by atoms with Crippen LogP contribution in [-0.4, -0.2) is 42.7 Å². The van der Waals surface area contributed by atoms with Crippen LogP contribution in [0.3, 0.4) is 0 Å². The molecule has 2 amide bonds. The van der Waals surface area contributed by atoms with Gasteiger partial charge in [-0.3, -0.25) is 25.8 Å². The Labute approximate surface area is 211 Å². The van der Waals surface area contributed by atoms with E-state index < -0.39 is 17.8 Å². The van der Waals surface area contributed by atoms with Crippen molar-refractivity contribution in [3.05, 3.63) is 58.1 Å². The lowest BCUT2D eigenvalue weighted by Crippen LogP contribution is -2.49. The largest absolute Gasteiger partial charge is 0.493 e. The van der Waals surface area contributed by atoms with Gasteiger partial charge in [-0.05, 0) is 68.0 Å². The van der Waals surface area contributed by atoms with Crippen molar-refractivity contribution < 1.29 is 28.6 Å². The van der Waals surface area contributed by atoms with Crippen LogP contribution in [0.15, 0.2) is 46.9 Å². The third kappa shape index (κ3) is 8.99. The molecule has 0 atom stereocenters. The summed E-state index contributed by atoms with van der Waals surface area (Å²) in [5.74, 6) is -0.628. The van der Waals surface area contributed by atoms with Gasteiger partial charge in [0.2, 0.25) is 0 Å². The molecule has 2 rings (SSSR count). The molecule has 0 saturated heterocycles. The average Bonchev–Trinajstić information content (AvgIpc) is 2.82. The molecule has 0 aliphatic carbocycles. The van der Waals surface area contributed by atoms with E-state index in [4.69, 9.17) is 26.4 Å². The van der Waals surface area contributed by atoms with Crippen molar-refractivity contribution in [3.8, 4) is 11.5 Å². The maximum atomic E-state index is 12.6. The molecular formula is C23H26BrN3O6S. The van der Waals surface area contributed by atoms with Gasteiger partial charge in [-0.1, -0.05) is 29.3 Å². The molecule has 0 unspecified atom stereocenters. The van der Waals surface area contributed by atoms with Crippen molar-refractivity contribution in [1.82, 2.24) is 16.2 Å². The number of benzene rings is 2. The van der Waals surface area contributed by atoms with Crippen molar-refractivity contribution >= 4 is 51.0 Å². The number of carbonyl (C=O) groups is 3. The second-order valence-corrected chi connectivity index (χ2v) is 8.16. The predicted molar refractivity (Wildman–Crippen MR) is 134 cm³/mol. The zero-order valence-electron chi connectivity index (χ0n) is 18.8. The van der Waals surface area contributed by atoms with Crippen LogP contribution in [0.2, 0.25) is 0 Å². The molecule has 0 spiro atoms. The summed E-state index contributed by atoms with van der Waals surface area (Å²) in [6.07, 6.45) is 1.83. The molecule has 0 fully saturated rings. The fourth-order valence-electron chi connectivity index (χ4n) is 2.55. The first kappa shape index (κ1) is 27.1. The van der Waals surface area contributed by atoms with Gasteiger partial charge in [-0.25, -0.2) is 4.79 Å². The number of esters is 1. The minimum absolute atomic E-state index is 0.100. The van der Waals surface area contributed by atoms with Crippen molar-refractivity contribution in [1.29, 1.82) is 0 Å². The maximum absolute atomic E-state index is 12.6. The number of unbranched alkanes of at least 4 members (excludes halogenated alkanes) is 1. The third-order valence-electron chi connectivity index (χ3n) is 4.22. The van der Waals surface area contributed by atoms with E-state index in [0.29, 0.717) is 33.7 Å². The molecule has 0 aliphatic heterocycles. The number of nitrogens with one attached hydrogen (secondary N) is 3. The second kappa shape index (κ2) is 14.2. The van der Waals surface area contributed by atoms with E-state index in [0.717, 1.165) is 12.8 Å². The number of amides is 2. The standard InChI is InChI=1S/C23H26BrN3O6S/c1-3-5-12-32-19-11-8-16(24)13-18(19)21(29)25-23(34)27-26-20(28)14-33-17-9-6-15(7-10-17)22(30)31-4-2/h6-11,13H,3-5,12,14H2,1-2H3,(H,26,28)(H2,25,27,29,34). The maximum Gasteiger partial charge on any atom is 0.338 e. The zero-order valence-corrected chi connectivity index (χ0v) is 21.2. The van der Waals surface area contributed by atoms with E-state index in [1.807, 2.05) is 6.92 Å². The first-order valence-corrected chi connectivity index (χ1v) is 11.8. The van der Waals surface area contributed by atoms with Gasteiger partial charge in [0, 0.05) is 4.47 Å². The van der Waals surface area contributed by atoms with Crippen LogP contribution >= 0.6 is 28.1 Å². The van der Waals surface area contributed by atoms with E-state index in [-0.39, 0.29) is 18.3 Å². The Morgan fingerprint density at radius 3 is 2.41 bits per heavy atom. The first-order chi connectivity index (χ1) is 16.3. The van der Waals surface area contributed by atoms with E-state index in [9.17, 15) is 14.4 Å². The van der Waals surface area contributed by atoms with Gasteiger partial charge in [-0.2, -0.15) is 0 Å².